The van der Waals surface area contributed by atoms with E-state index in [2.05, 4.69) is 25.7 Å². The summed E-state index contributed by atoms with van der Waals surface area (Å²) in [5, 5.41) is 0. The zero-order chi connectivity index (χ0) is 15.8. The number of rotatable bonds is 15. The van der Waals surface area contributed by atoms with E-state index in [1.165, 1.54) is 44.9 Å². The lowest BCUT2D eigenvalue weighted by Gasteiger charge is -2.20. The maximum atomic E-state index is 11.9. The molecule has 0 aromatic heterocycles. The molecule has 126 valence electrons. The van der Waals surface area contributed by atoms with Gasteiger partial charge in [0, 0.05) is 0 Å². The number of carbonyl (C=O) groups is 1. The molecule has 0 spiro atoms. The maximum Gasteiger partial charge on any atom is 0.320 e. The Morgan fingerprint density at radius 1 is 0.762 bits per heavy atom. The van der Waals surface area contributed by atoms with Crippen LogP contribution in [-0.4, -0.2) is 37.1 Å². The molecular formula is C18H37NO2. The van der Waals surface area contributed by atoms with Crippen molar-refractivity contribution in [2.45, 2.75) is 85.0 Å². The lowest BCUT2D eigenvalue weighted by atomic mass is 10.1. The van der Waals surface area contributed by atoms with Crippen molar-refractivity contribution in [3.05, 3.63) is 0 Å². The Morgan fingerprint density at radius 2 is 1.29 bits per heavy atom. The number of ether oxygens (including phenoxy) is 1. The van der Waals surface area contributed by atoms with Crippen LogP contribution in [0.3, 0.4) is 0 Å². The van der Waals surface area contributed by atoms with Gasteiger partial charge in [-0.25, -0.2) is 0 Å². The van der Waals surface area contributed by atoms with E-state index in [0.717, 1.165) is 32.4 Å². The molecule has 3 heteroatoms. The van der Waals surface area contributed by atoms with Gasteiger partial charge in [0.25, 0.3) is 0 Å². The van der Waals surface area contributed by atoms with E-state index in [1.807, 2.05) is 0 Å². The SMILES string of the molecule is CCCCCCCCOC(=O)CN(CCCC)CCCC. The fraction of sp³-hybridized carbons (Fsp3) is 0.944. The summed E-state index contributed by atoms with van der Waals surface area (Å²) in [5.74, 6) is -0.0456. The molecule has 0 atom stereocenters. The van der Waals surface area contributed by atoms with E-state index >= 15 is 0 Å². The summed E-state index contributed by atoms with van der Waals surface area (Å²) in [6, 6.07) is 0. The molecule has 0 aliphatic heterocycles. The first-order chi connectivity index (χ1) is 10.2. The predicted octanol–water partition coefficient (Wildman–Crippen LogP) is 4.79. The molecule has 0 unspecified atom stereocenters. The molecule has 0 fully saturated rings. The van der Waals surface area contributed by atoms with Gasteiger partial charge < -0.3 is 4.74 Å². The molecular weight excluding hydrogens is 262 g/mol. The summed E-state index contributed by atoms with van der Waals surface area (Å²) in [5.41, 5.74) is 0. The fourth-order valence-electron chi connectivity index (χ4n) is 2.33. The number of hydrogen-bond acceptors (Lipinski definition) is 3. The van der Waals surface area contributed by atoms with E-state index in [0.29, 0.717) is 13.2 Å². The van der Waals surface area contributed by atoms with Crippen molar-refractivity contribution in [3.63, 3.8) is 0 Å². The number of nitrogens with zero attached hydrogens (tertiary/aromatic N) is 1. The van der Waals surface area contributed by atoms with Crippen LogP contribution in [0.1, 0.15) is 85.0 Å². The smallest absolute Gasteiger partial charge is 0.320 e. The van der Waals surface area contributed by atoms with Crippen LogP contribution in [0.4, 0.5) is 0 Å². The molecule has 0 aromatic rings. The van der Waals surface area contributed by atoms with Gasteiger partial charge in [-0.1, -0.05) is 65.7 Å². The third kappa shape index (κ3) is 14.1. The number of esters is 1. The van der Waals surface area contributed by atoms with E-state index in [9.17, 15) is 4.79 Å². The van der Waals surface area contributed by atoms with Crippen LogP contribution in [0.5, 0.6) is 0 Å². The molecule has 0 rings (SSSR count). The van der Waals surface area contributed by atoms with Crippen molar-refractivity contribution in [2.24, 2.45) is 0 Å². The second-order valence-corrected chi connectivity index (χ2v) is 5.97. The molecule has 3 nitrogen and oxygen atoms in total. The topological polar surface area (TPSA) is 29.5 Å². The molecule has 0 aromatic carbocycles. The van der Waals surface area contributed by atoms with Crippen LogP contribution in [0.2, 0.25) is 0 Å². The minimum absolute atomic E-state index is 0.0456. The Kier molecular flexibility index (Phi) is 15.4. The molecule has 0 aliphatic carbocycles. The lowest BCUT2D eigenvalue weighted by molar-refractivity contribution is -0.145. The summed E-state index contributed by atoms with van der Waals surface area (Å²) < 4.78 is 5.36. The zero-order valence-electron chi connectivity index (χ0n) is 14.7. The van der Waals surface area contributed by atoms with Crippen molar-refractivity contribution in [2.75, 3.05) is 26.2 Å². The van der Waals surface area contributed by atoms with Crippen LogP contribution in [0.15, 0.2) is 0 Å². The van der Waals surface area contributed by atoms with Gasteiger partial charge in [0.1, 0.15) is 0 Å². The Labute approximate surface area is 132 Å². The molecule has 0 saturated heterocycles. The first kappa shape index (κ1) is 20.4. The van der Waals surface area contributed by atoms with E-state index in [-0.39, 0.29) is 5.97 Å². The van der Waals surface area contributed by atoms with Crippen LogP contribution in [-0.2, 0) is 9.53 Å². The van der Waals surface area contributed by atoms with Crippen LogP contribution in [0, 0.1) is 0 Å². The highest BCUT2D eigenvalue weighted by Gasteiger charge is 2.10. The molecule has 21 heavy (non-hydrogen) atoms. The second kappa shape index (κ2) is 15.8. The van der Waals surface area contributed by atoms with E-state index < -0.39 is 0 Å². The molecule has 0 N–H and O–H groups in total. The molecule has 0 amide bonds. The van der Waals surface area contributed by atoms with Gasteiger partial charge in [0.05, 0.1) is 13.2 Å². The van der Waals surface area contributed by atoms with Crippen molar-refractivity contribution < 1.29 is 9.53 Å². The molecule has 0 heterocycles. The Balaban J connectivity index is 3.66. The summed E-state index contributed by atoms with van der Waals surface area (Å²) in [7, 11) is 0. The van der Waals surface area contributed by atoms with E-state index in [4.69, 9.17) is 4.74 Å². The van der Waals surface area contributed by atoms with Crippen molar-refractivity contribution >= 4 is 5.97 Å². The fourth-order valence-corrected chi connectivity index (χ4v) is 2.33. The molecule has 0 radical (unpaired) electrons. The quantitative estimate of drug-likeness (QED) is 0.321. The zero-order valence-corrected chi connectivity index (χ0v) is 14.7. The number of carbonyl (C=O) groups excluding carboxylic acids is 1. The second-order valence-electron chi connectivity index (χ2n) is 5.97. The first-order valence-corrected chi connectivity index (χ1v) is 9.12. The third-order valence-electron chi connectivity index (χ3n) is 3.77. The normalized spacial score (nSPS) is 11.0. The van der Waals surface area contributed by atoms with Crippen LogP contribution < -0.4 is 0 Å². The van der Waals surface area contributed by atoms with Crippen LogP contribution >= 0.6 is 0 Å². The highest BCUT2D eigenvalue weighted by molar-refractivity contribution is 5.71. The van der Waals surface area contributed by atoms with Crippen LogP contribution in [0.25, 0.3) is 0 Å². The lowest BCUT2D eigenvalue weighted by Crippen LogP contribution is -2.33. The van der Waals surface area contributed by atoms with Crippen molar-refractivity contribution in [1.82, 2.24) is 4.90 Å². The number of hydrogen-bond donors (Lipinski definition) is 0. The maximum absolute atomic E-state index is 11.9. The van der Waals surface area contributed by atoms with E-state index in [1.54, 1.807) is 0 Å². The highest BCUT2D eigenvalue weighted by atomic mass is 16.5. The van der Waals surface area contributed by atoms with Gasteiger partial charge in [0.2, 0.25) is 0 Å². The largest absolute Gasteiger partial charge is 0.465 e. The van der Waals surface area contributed by atoms with Gasteiger partial charge in [0.15, 0.2) is 0 Å². The molecule has 0 aliphatic rings. The monoisotopic (exact) mass is 299 g/mol. The average Bonchev–Trinajstić information content (AvgIpc) is 2.49. The summed E-state index contributed by atoms with van der Waals surface area (Å²) >= 11 is 0. The Hall–Kier alpha value is -0.570. The van der Waals surface area contributed by atoms with Gasteiger partial charge in [-0.3, -0.25) is 9.69 Å². The average molecular weight is 299 g/mol. The summed E-state index contributed by atoms with van der Waals surface area (Å²) in [6.07, 6.45) is 12.1. The first-order valence-electron chi connectivity index (χ1n) is 9.12. The summed E-state index contributed by atoms with van der Waals surface area (Å²) in [4.78, 5) is 14.1. The van der Waals surface area contributed by atoms with Gasteiger partial charge in [-0.2, -0.15) is 0 Å². The minimum atomic E-state index is -0.0456. The van der Waals surface area contributed by atoms with Crippen molar-refractivity contribution in [1.29, 1.82) is 0 Å². The van der Waals surface area contributed by atoms with Crippen molar-refractivity contribution in [3.8, 4) is 0 Å². The minimum Gasteiger partial charge on any atom is -0.465 e. The third-order valence-corrected chi connectivity index (χ3v) is 3.77. The highest BCUT2D eigenvalue weighted by Crippen LogP contribution is 2.05. The standard InChI is InChI=1S/C18H37NO2/c1-4-7-10-11-12-13-16-21-18(20)17-19(14-8-5-2)15-9-6-3/h4-17H2,1-3H3. The Bertz CT molecular complexity index is 223. The molecule has 0 saturated carbocycles. The number of unbranched alkanes of at least 4 members (excludes halogenated alkanes) is 7. The van der Waals surface area contributed by atoms with Gasteiger partial charge in [-0.05, 0) is 32.4 Å². The summed E-state index contributed by atoms with van der Waals surface area (Å²) in [6.45, 7) is 9.70. The predicted molar refractivity (Wildman–Crippen MR) is 90.6 cm³/mol. The Morgan fingerprint density at radius 3 is 1.86 bits per heavy atom. The molecule has 0 bridgehead atoms. The van der Waals surface area contributed by atoms with Gasteiger partial charge in [-0.15, -0.1) is 0 Å². The van der Waals surface area contributed by atoms with Gasteiger partial charge >= 0.3 is 5.97 Å².